The molecule has 0 spiro atoms. The maximum Gasteiger partial charge on any atom is 0.243 e. The molecule has 0 aromatic heterocycles. The van der Waals surface area contributed by atoms with Gasteiger partial charge in [-0.2, -0.15) is 0 Å². The molecule has 2 amide bonds. The van der Waals surface area contributed by atoms with Gasteiger partial charge in [0, 0.05) is 6.54 Å². The van der Waals surface area contributed by atoms with Gasteiger partial charge < -0.3 is 26.9 Å². The molecule has 0 saturated heterocycles. The van der Waals surface area contributed by atoms with Gasteiger partial charge in [0.05, 0.1) is 12.5 Å². The van der Waals surface area contributed by atoms with E-state index in [-0.39, 0.29) is 30.1 Å². The number of nitrogens with zero attached hydrogens (tertiary/aromatic N) is 1. The van der Waals surface area contributed by atoms with Crippen molar-refractivity contribution in [2.24, 2.45) is 22.4 Å². The van der Waals surface area contributed by atoms with Crippen LogP contribution in [0.3, 0.4) is 0 Å². The molecular formula is C20H31N5O3. The van der Waals surface area contributed by atoms with Crippen LogP contribution in [0.2, 0.25) is 0 Å². The van der Waals surface area contributed by atoms with Crippen molar-refractivity contribution in [3.63, 3.8) is 0 Å². The Labute approximate surface area is 166 Å². The molecule has 0 saturated carbocycles. The topological polar surface area (TPSA) is 140 Å². The van der Waals surface area contributed by atoms with E-state index in [9.17, 15) is 14.4 Å². The van der Waals surface area contributed by atoms with Crippen molar-refractivity contribution in [2.45, 2.75) is 51.6 Å². The number of nitrogens with two attached hydrogens (primary N) is 2. The molecule has 1 rings (SSSR count). The van der Waals surface area contributed by atoms with Gasteiger partial charge in [0.15, 0.2) is 5.96 Å². The first kappa shape index (κ1) is 23.1. The highest BCUT2D eigenvalue weighted by Gasteiger charge is 2.24. The molecule has 6 N–H and O–H groups in total. The molecule has 0 aliphatic rings. The van der Waals surface area contributed by atoms with Gasteiger partial charge in [-0.05, 0) is 30.7 Å². The molecule has 28 heavy (non-hydrogen) atoms. The van der Waals surface area contributed by atoms with E-state index in [1.165, 1.54) is 0 Å². The van der Waals surface area contributed by atoms with Gasteiger partial charge in [0.1, 0.15) is 12.3 Å². The highest BCUT2D eigenvalue weighted by atomic mass is 16.2. The molecule has 1 aromatic rings. The van der Waals surface area contributed by atoms with E-state index in [0.29, 0.717) is 32.1 Å². The van der Waals surface area contributed by atoms with Crippen molar-refractivity contribution in [3.05, 3.63) is 35.9 Å². The predicted molar refractivity (Wildman–Crippen MR) is 109 cm³/mol. The first-order chi connectivity index (χ1) is 13.3. The van der Waals surface area contributed by atoms with Crippen molar-refractivity contribution in [3.8, 4) is 0 Å². The van der Waals surface area contributed by atoms with Crippen molar-refractivity contribution in [1.29, 1.82) is 0 Å². The minimum Gasteiger partial charge on any atom is -0.370 e. The van der Waals surface area contributed by atoms with E-state index in [1.807, 2.05) is 44.2 Å². The molecule has 1 aromatic carbocycles. The van der Waals surface area contributed by atoms with E-state index < -0.39 is 12.1 Å². The maximum absolute atomic E-state index is 12.6. The lowest BCUT2D eigenvalue weighted by atomic mass is 10.0. The van der Waals surface area contributed by atoms with Gasteiger partial charge in [0.2, 0.25) is 11.8 Å². The Bertz CT molecular complexity index is 657. The molecule has 0 aliphatic heterocycles. The molecule has 2 atom stereocenters. The lowest BCUT2D eigenvalue weighted by Gasteiger charge is -2.22. The summed E-state index contributed by atoms with van der Waals surface area (Å²) in [5, 5.41) is 5.48. The van der Waals surface area contributed by atoms with Gasteiger partial charge in [-0.15, -0.1) is 0 Å². The highest BCUT2D eigenvalue weighted by molar-refractivity contribution is 5.89. The first-order valence-electron chi connectivity index (χ1n) is 9.46. The SMILES string of the molecule is CC(C)C[C@H](NC(=O)Cc1ccccc1)C(=O)N[C@H](C=O)CCCN=C(N)N. The van der Waals surface area contributed by atoms with Gasteiger partial charge in [-0.3, -0.25) is 14.6 Å². The zero-order chi connectivity index (χ0) is 20.9. The minimum absolute atomic E-state index is 0.00943. The van der Waals surface area contributed by atoms with Crippen LogP contribution >= 0.6 is 0 Å². The van der Waals surface area contributed by atoms with E-state index in [4.69, 9.17) is 11.5 Å². The molecule has 0 fully saturated rings. The summed E-state index contributed by atoms with van der Waals surface area (Å²) in [6, 6.07) is 7.96. The van der Waals surface area contributed by atoms with Crippen molar-refractivity contribution in [1.82, 2.24) is 10.6 Å². The largest absolute Gasteiger partial charge is 0.370 e. The number of rotatable bonds is 12. The molecule has 8 nitrogen and oxygen atoms in total. The molecule has 8 heteroatoms. The fourth-order valence-electron chi connectivity index (χ4n) is 2.71. The molecule has 0 bridgehead atoms. The van der Waals surface area contributed by atoms with Crippen LogP contribution in [-0.4, -0.2) is 42.7 Å². The average molecular weight is 390 g/mol. The Morgan fingerprint density at radius 2 is 1.82 bits per heavy atom. The van der Waals surface area contributed by atoms with Crippen LogP contribution in [-0.2, 0) is 20.8 Å². The van der Waals surface area contributed by atoms with Crippen LogP contribution in [0.15, 0.2) is 35.3 Å². The van der Waals surface area contributed by atoms with Gasteiger partial charge in [-0.1, -0.05) is 44.2 Å². The Morgan fingerprint density at radius 1 is 1.14 bits per heavy atom. The monoisotopic (exact) mass is 389 g/mol. The third-order valence-corrected chi connectivity index (χ3v) is 4.03. The number of aliphatic imine (C=N–C) groups is 1. The summed E-state index contributed by atoms with van der Waals surface area (Å²) in [5.41, 5.74) is 11.4. The fourth-order valence-corrected chi connectivity index (χ4v) is 2.71. The van der Waals surface area contributed by atoms with E-state index >= 15 is 0 Å². The Hall–Kier alpha value is -2.90. The van der Waals surface area contributed by atoms with E-state index in [1.54, 1.807) is 0 Å². The molecule has 0 heterocycles. The number of aldehydes is 1. The summed E-state index contributed by atoms with van der Waals surface area (Å²) in [7, 11) is 0. The van der Waals surface area contributed by atoms with Gasteiger partial charge in [0.25, 0.3) is 0 Å². The number of benzene rings is 1. The third-order valence-electron chi connectivity index (χ3n) is 4.03. The molecular weight excluding hydrogens is 358 g/mol. The van der Waals surface area contributed by atoms with Crippen molar-refractivity contribution < 1.29 is 14.4 Å². The highest BCUT2D eigenvalue weighted by Crippen LogP contribution is 2.07. The maximum atomic E-state index is 12.6. The second kappa shape index (κ2) is 12.5. The Balaban J connectivity index is 2.63. The Morgan fingerprint density at radius 3 is 2.39 bits per heavy atom. The van der Waals surface area contributed by atoms with Crippen LogP contribution in [0.5, 0.6) is 0 Å². The Kier molecular flexibility index (Phi) is 10.3. The summed E-state index contributed by atoms with van der Waals surface area (Å²) < 4.78 is 0. The molecule has 0 radical (unpaired) electrons. The van der Waals surface area contributed by atoms with Crippen molar-refractivity contribution in [2.75, 3.05) is 6.54 Å². The van der Waals surface area contributed by atoms with Crippen LogP contribution in [0, 0.1) is 5.92 Å². The number of hydrogen-bond donors (Lipinski definition) is 4. The normalized spacial score (nSPS) is 12.7. The van der Waals surface area contributed by atoms with Crippen LogP contribution in [0.4, 0.5) is 0 Å². The number of amides is 2. The number of guanidine groups is 1. The summed E-state index contributed by atoms with van der Waals surface area (Å²) in [4.78, 5) is 40.1. The molecule has 0 aliphatic carbocycles. The zero-order valence-corrected chi connectivity index (χ0v) is 16.6. The quantitative estimate of drug-likeness (QED) is 0.178. The van der Waals surface area contributed by atoms with Crippen molar-refractivity contribution >= 4 is 24.1 Å². The lowest BCUT2D eigenvalue weighted by Crippen LogP contribution is -2.50. The van der Waals surface area contributed by atoms with E-state index in [2.05, 4.69) is 15.6 Å². The van der Waals surface area contributed by atoms with Gasteiger partial charge >= 0.3 is 0 Å². The van der Waals surface area contributed by atoms with Crippen LogP contribution in [0.25, 0.3) is 0 Å². The third kappa shape index (κ3) is 9.70. The average Bonchev–Trinajstić information content (AvgIpc) is 2.63. The van der Waals surface area contributed by atoms with Crippen LogP contribution in [0.1, 0.15) is 38.7 Å². The fraction of sp³-hybridized carbons (Fsp3) is 0.500. The van der Waals surface area contributed by atoms with Crippen LogP contribution < -0.4 is 22.1 Å². The zero-order valence-electron chi connectivity index (χ0n) is 16.6. The molecule has 0 unspecified atom stereocenters. The molecule has 154 valence electrons. The first-order valence-corrected chi connectivity index (χ1v) is 9.46. The predicted octanol–water partition coefficient (Wildman–Crippen LogP) is 0.497. The number of hydrogen-bond acceptors (Lipinski definition) is 4. The second-order valence-electron chi connectivity index (χ2n) is 7.11. The minimum atomic E-state index is -0.698. The standard InChI is InChI=1S/C20H31N5O3/c1-14(2)11-17(25-18(27)12-15-7-4-3-5-8-15)19(28)24-16(13-26)9-6-10-23-20(21)22/h3-5,7-8,13-14,16-17H,6,9-12H2,1-2H3,(H,24,28)(H,25,27)(H4,21,22,23)/t16-,17-/m0/s1. The summed E-state index contributed by atoms with van der Waals surface area (Å²) >= 11 is 0. The summed E-state index contributed by atoms with van der Waals surface area (Å²) in [5.74, 6) is -0.411. The summed E-state index contributed by atoms with van der Waals surface area (Å²) in [6.45, 7) is 4.32. The smallest absolute Gasteiger partial charge is 0.243 e. The van der Waals surface area contributed by atoms with E-state index in [0.717, 1.165) is 5.56 Å². The number of nitrogens with one attached hydrogen (secondary N) is 2. The lowest BCUT2D eigenvalue weighted by molar-refractivity contribution is -0.130. The number of carbonyl (C=O) groups is 3. The summed E-state index contributed by atoms with van der Waals surface area (Å²) in [6.07, 6.45) is 2.32. The second-order valence-corrected chi connectivity index (χ2v) is 7.11. The number of carbonyl (C=O) groups excluding carboxylic acids is 3. The van der Waals surface area contributed by atoms with Gasteiger partial charge in [-0.25, -0.2) is 0 Å².